The van der Waals surface area contributed by atoms with Gasteiger partial charge in [0.1, 0.15) is 5.75 Å². The molecule has 0 aliphatic carbocycles. The Kier molecular flexibility index (Phi) is 5.82. The van der Waals surface area contributed by atoms with Gasteiger partial charge in [-0.15, -0.1) is 0 Å². The summed E-state index contributed by atoms with van der Waals surface area (Å²) in [4.78, 5) is 0. The van der Waals surface area contributed by atoms with E-state index in [1.165, 1.54) is 0 Å². The number of rotatable bonds is 7. The highest BCUT2D eigenvalue weighted by Crippen LogP contribution is 2.17. The van der Waals surface area contributed by atoms with Crippen LogP contribution in [0.1, 0.15) is 32.4 Å². The third kappa shape index (κ3) is 5.20. The first-order valence-electron chi connectivity index (χ1n) is 6.48. The second kappa shape index (κ2) is 6.91. The summed E-state index contributed by atoms with van der Waals surface area (Å²) >= 11 is 0. The molecule has 0 aliphatic heterocycles. The van der Waals surface area contributed by atoms with Crippen molar-refractivity contribution in [2.24, 2.45) is 0 Å². The first-order valence-corrected chi connectivity index (χ1v) is 8.30. The molecule has 0 saturated heterocycles. The molecule has 5 heteroatoms. The minimum atomic E-state index is -2.94. The average Bonchev–Trinajstić information content (AvgIpc) is 2.38. The van der Waals surface area contributed by atoms with E-state index in [-0.39, 0.29) is 23.6 Å². The van der Waals surface area contributed by atoms with Gasteiger partial charge in [0.15, 0.2) is 9.84 Å². The van der Waals surface area contributed by atoms with Gasteiger partial charge in [-0.3, -0.25) is 0 Å². The normalized spacial score (nSPS) is 14.9. The summed E-state index contributed by atoms with van der Waals surface area (Å²) in [6.45, 7) is 5.60. The zero-order valence-electron chi connectivity index (χ0n) is 12.0. The van der Waals surface area contributed by atoms with Crippen molar-refractivity contribution in [1.29, 1.82) is 0 Å². The number of nitrogens with one attached hydrogen (secondary N) is 1. The lowest BCUT2D eigenvalue weighted by molar-refractivity contribution is 0.414. The van der Waals surface area contributed by atoms with Crippen molar-refractivity contribution in [3.05, 3.63) is 29.8 Å². The molecule has 0 radical (unpaired) electrons. The highest BCUT2D eigenvalue weighted by Gasteiger charge is 2.16. The summed E-state index contributed by atoms with van der Waals surface area (Å²) < 4.78 is 28.2. The first kappa shape index (κ1) is 16.0. The number of methoxy groups -OCH3 is 1. The predicted molar refractivity (Wildman–Crippen MR) is 78.3 cm³/mol. The third-order valence-electron chi connectivity index (χ3n) is 3.09. The van der Waals surface area contributed by atoms with Gasteiger partial charge in [-0.05, 0) is 31.5 Å². The van der Waals surface area contributed by atoms with Gasteiger partial charge in [0.2, 0.25) is 0 Å². The molecule has 19 heavy (non-hydrogen) atoms. The van der Waals surface area contributed by atoms with Crippen LogP contribution in [0.4, 0.5) is 0 Å². The zero-order valence-corrected chi connectivity index (χ0v) is 12.8. The van der Waals surface area contributed by atoms with Gasteiger partial charge in [0.05, 0.1) is 12.9 Å². The van der Waals surface area contributed by atoms with E-state index in [0.717, 1.165) is 11.3 Å². The maximum Gasteiger partial charge on any atom is 0.151 e. The standard InChI is InChI=1S/C14H23NO3S/c1-5-19(16,17)10-11(2)15-12(3)13-6-8-14(18-4)9-7-13/h6-9,11-12,15H,5,10H2,1-4H3/t11?,12-/m0/s1. The van der Waals surface area contributed by atoms with Crippen LogP contribution in [-0.4, -0.2) is 33.1 Å². The quantitative estimate of drug-likeness (QED) is 0.834. The van der Waals surface area contributed by atoms with Gasteiger partial charge in [0, 0.05) is 17.8 Å². The molecule has 2 atom stereocenters. The Morgan fingerprint density at radius 2 is 1.79 bits per heavy atom. The van der Waals surface area contributed by atoms with Crippen molar-refractivity contribution < 1.29 is 13.2 Å². The maximum atomic E-state index is 11.6. The van der Waals surface area contributed by atoms with Gasteiger partial charge in [-0.25, -0.2) is 8.42 Å². The molecule has 0 heterocycles. The molecule has 0 spiro atoms. The highest BCUT2D eigenvalue weighted by molar-refractivity contribution is 7.91. The Morgan fingerprint density at radius 1 is 1.21 bits per heavy atom. The van der Waals surface area contributed by atoms with Gasteiger partial charge >= 0.3 is 0 Å². The molecule has 4 nitrogen and oxygen atoms in total. The molecular formula is C14H23NO3S. The molecule has 0 bridgehead atoms. The molecule has 0 fully saturated rings. The molecule has 1 N–H and O–H groups in total. The lowest BCUT2D eigenvalue weighted by atomic mass is 10.1. The third-order valence-corrected chi connectivity index (χ3v) is 4.98. The van der Waals surface area contributed by atoms with Gasteiger partial charge in [-0.2, -0.15) is 0 Å². The van der Waals surface area contributed by atoms with Crippen molar-refractivity contribution in [3.8, 4) is 5.75 Å². The van der Waals surface area contributed by atoms with Crippen LogP contribution in [-0.2, 0) is 9.84 Å². The van der Waals surface area contributed by atoms with Crippen LogP contribution in [0.15, 0.2) is 24.3 Å². The van der Waals surface area contributed by atoms with Crippen LogP contribution in [0.2, 0.25) is 0 Å². The van der Waals surface area contributed by atoms with Crippen molar-refractivity contribution >= 4 is 9.84 Å². The molecule has 108 valence electrons. The second-order valence-electron chi connectivity index (χ2n) is 4.76. The SMILES string of the molecule is CCS(=O)(=O)CC(C)N[C@@H](C)c1ccc(OC)cc1. The van der Waals surface area contributed by atoms with Crippen molar-refractivity contribution in [1.82, 2.24) is 5.32 Å². The second-order valence-corrected chi connectivity index (χ2v) is 7.16. The van der Waals surface area contributed by atoms with Crippen LogP contribution in [0.5, 0.6) is 5.75 Å². The lowest BCUT2D eigenvalue weighted by Gasteiger charge is -2.20. The molecule has 1 aromatic rings. The summed E-state index contributed by atoms with van der Waals surface area (Å²) in [6, 6.07) is 7.81. The Bertz CT molecular complexity index is 482. The maximum absolute atomic E-state index is 11.6. The largest absolute Gasteiger partial charge is 0.497 e. The number of benzene rings is 1. The summed E-state index contributed by atoms with van der Waals surface area (Å²) in [5.74, 6) is 1.18. The summed E-state index contributed by atoms with van der Waals surface area (Å²) in [5.41, 5.74) is 1.11. The number of ether oxygens (including phenoxy) is 1. The molecule has 0 aliphatic rings. The number of hydrogen-bond donors (Lipinski definition) is 1. The van der Waals surface area contributed by atoms with E-state index in [2.05, 4.69) is 5.32 Å². The van der Waals surface area contributed by atoms with Crippen LogP contribution in [0.3, 0.4) is 0 Å². The van der Waals surface area contributed by atoms with Crippen LogP contribution in [0.25, 0.3) is 0 Å². The van der Waals surface area contributed by atoms with Gasteiger partial charge < -0.3 is 10.1 Å². The molecular weight excluding hydrogens is 262 g/mol. The molecule has 0 amide bonds. The van der Waals surface area contributed by atoms with Gasteiger partial charge in [0.25, 0.3) is 0 Å². The Morgan fingerprint density at radius 3 is 2.26 bits per heavy atom. The van der Waals surface area contributed by atoms with Crippen LogP contribution >= 0.6 is 0 Å². The summed E-state index contributed by atoms with van der Waals surface area (Å²) in [7, 11) is -1.31. The zero-order chi connectivity index (χ0) is 14.5. The van der Waals surface area contributed by atoms with Crippen LogP contribution in [0, 0.1) is 0 Å². The smallest absolute Gasteiger partial charge is 0.151 e. The molecule has 0 aromatic heterocycles. The minimum absolute atomic E-state index is 0.0675. The first-order chi connectivity index (χ1) is 8.88. The Hall–Kier alpha value is -1.07. The number of hydrogen-bond acceptors (Lipinski definition) is 4. The summed E-state index contributed by atoms with van der Waals surface area (Å²) in [6.07, 6.45) is 0. The highest BCUT2D eigenvalue weighted by atomic mass is 32.2. The van der Waals surface area contributed by atoms with Crippen molar-refractivity contribution in [2.45, 2.75) is 32.9 Å². The fraction of sp³-hybridized carbons (Fsp3) is 0.571. The molecule has 1 aromatic carbocycles. The van der Waals surface area contributed by atoms with E-state index in [0.29, 0.717) is 0 Å². The monoisotopic (exact) mass is 285 g/mol. The van der Waals surface area contributed by atoms with E-state index in [1.807, 2.05) is 38.1 Å². The van der Waals surface area contributed by atoms with E-state index >= 15 is 0 Å². The van der Waals surface area contributed by atoms with Gasteiger partial charge in [-0.1, -0.05) is 19.1 Å². The van der Waals surface area contributed by atoms with E-state index in [1.54, 1.807) is 14.0 Å². The van der Waals surface area contributed by atoms with E-state index in [4.69, 9.17) is 4.74 Å². The van der Waals surface area contributed by atoms with Crippen molar-refractivity contribution in [2.75, 3.05) is 18.6 Å². The van der Waals surface area contributed by atoms with Crippen LogP contribution < -0.4 is 10.1 Å². The number of sulfone groups is 1. The topological polar surface area (TPSA) is 55.4 Å². The minimum Gasteiger partial charge on any atom is -0.497 e. The average molecular weight is 285 g/mol. The van der Waals surface area contributed by atoms with E-state index < -0.39 is 9.84 Å². The van der Waals surface area contributed by atoms with Crippen molar-refractivity contribution in [3.63, 3.8) is 0 Å². The fourth-order valence-corrected chi connectivity index (χ4v) is 3.06. The molecule has 1 rings (SSSR count). The fourth-order valence-electron chi connectivity index (χ4n) is 1.96. The van der Waals surface area contributed by atoms with E-state index in [9.17, 15) is 8.42 Å². The summed E-state index contributed by atoms with van der Waals surface area (Å²) in [5, 5.41) is 3.30. The lowest BCUT2D eigenvalue weighted by Crippen LogP contribution is -2.35. The predicted octanol–water partition coefficient (Wildman–Crippen LogP) is 2.17. The molecule has 0 saturated carbocycles. The Balaban J connectivity index is 2.60. The Labute approximate surface area is 116 Å². The molecule has 1 unspecified atom stereocenters.